The summed E-state index contributed by atoms with van der Waals surface area (Å²) in [6.45, 7) is 0.496. The van der Waals surface area contributed by atoms with Crippen LogP contribution in [0, 0.1) is 11.6 Å². The van der Waals surface area contributed by atoms with Crippen molar-refractivity contribution in [2.45, 2.75) is 6.54 Å². The maximum atomic E-state index is 13.2. The summed E-state index contributed by atoms with van der Waals surface area (Å²) in [5.41, 5.74) is 0.243. The largest absolute Gasteiger partial charge is 0.459 e. The molecular weight excluding hydrogens is 188 g/mol. The van der Waals surface area contributed by atoms with Gasteiger partial charge in [0.05, 0.1) is 11.9 Å². The van der Waals surface area contributed by atoms with Crippen molar-refractivity contribution in [1.29, 1.82) is 0 Å². The molecule has 2 nitrogen and oxygen atoms in total. The van der Waals surface area contributed by atoms with Gasteiger partial charge in [0.1, 0.15) is 23.0 Å². The van der Waals surface area contributed by atoms with Gasteiger partial charge in [-0.2, -0.15) is 0 Å². The van der Waals surface area contributed by atoms with E-state index in [9.17, 15) is 8.78 Å². The molecule has 1 aromatic carbocycles. The molecule has 0 bridgehead atoms. The Balaban J connectivity index is 2.58. The number of benzene rings is 1. The fraction of sp³-hybridized carbons (Fsp3) is 0.200. The lowest BCUT2D eigenvalue weighted by atomic mass is 10.2. The normalized spacial score (nSPS) is 11.1. The third-order valence-corrected chi connectivity index (χ3v) is 1.95. The monoisotopic (exact) mass is 197 g/mol. The molecule has 1 aromatic heterocycles. The first-order chi connectivity index (χ1) is 6.70. The minimum Gasteiger partial charge on any atom is -0.459 e. The molecule has 0 saturated heterocycles. The van der Waals surface area contributed by atoms with Crippen LogP contribution in [0.1, 0.15) is 5.76 Å². The Kier molecular flexibility index (Phi) is 2.21. The van der Waals surface area contributed by atoms with Crippen LogP contribution in [0.25, 0.3) is 11.0 Å². The number of hydrogen-bond acceptors (Lipinski definition) is 2. The highest BCUT2D eigenvalue weighted by molar-refractivity contribution is 5.78. The lowest BCUT2D eigenvalue weighted by Gasteiger charge is -1.91. The number of nitrogens with one attached hydrogen (secondary N) is 1. The van der Waals surface area contributed by atoms with Crippen molar-refractivity contribution in [2.24, 2.45) is 0 Å². The van der Waals surface area contributed by atoms with Crippen LogP contribution in [0.2, 0.25) is 0 Å². The van der Waals surface area contributed by atoms with E-state index in [0.717, 1.165) is 6.07 Å². The summed E-state index contributed by atoms with van der Waals surface area (Å²) in [5.74, 6) is -0.626. The van der Waals surface area contributed by atoms with Crippen molar-refractivity contribution in [3.8, 4) is 0 Å². The van der Waals surface area contributed by atoms with Crippen LogP contribution in [-0.4, -0.2) is 7.05 Å². The van der Waals surface area contributed by atoms with Gasteiger partial charge in [-0.25, -0.2) is 8.78 Å². The zero-order valence-electron chi connectivity index (χ0n) is 7.60. The summed E-state index contributed by atoms with van der Waals surface area (Å²) >= 11 is 0. The van der Waals surface area contributed by atoms with E-state index in [4.69, 9.17) is 4.42 Å². The first kappa shape index (κ1) is 9.15. The summed E-state index contributed by atoms with van der Waals surface area (Å²) in [4.78, 5) is 0. The second-order valence-corrected chi connectivity index (χ2v) is 3.04. The summed E-state index contributed by atoms with van der Waals surface area (Å²) < 4.78 is 31.2. The average Bonchev–Trinajstić information content (AvgIpc) is 2.48. The van der Waals surface area contributed by atoms with Crippen LogP contribution in [0.5, 0.6) is 0 Å². The van der Waals surface area contributed by atoms with Crippen molar-refractivity contribution in [3.63, 3.8) is 0 Å². The van der Waals surface area contributed by atoms with Crippen LogP contribution >= 0.6 is 0 Å². The van der Waals surface area contributed by atoms with Crippen molar-refractivity contribution in [2.75, 3.05) is 7.05 Å². The van der Waals surface area contributed by atoms with Crippen LogP contribution in [0.3, 0.4) is 0 Å². The number of halogens is 2. The van der Waals surface area contributed by atoms with Gasteiger partial charge in [-0.3, -0.25) is 0 Å². The maximum Gasteiger partial charge on any atom is 0.140 e. The standard InChI is InChI=1S/C10H9F2NO/c1-13-5-7-4-8-9(12)2-6(11)3-10(8)14-7/h2-4,13H,5H2,1H3. The minimum atomic E-state index is -0.625. The summed E-state index contributed by atoms with van der Waals surface area (Å²) in [6.07, 6.45) is 0. The van der Waals surface area contributed by atoms with Crippen molar-refractivity contribution < 1.29 is 13.2 Å². The molecule has 0 aliphatic heterocycles. The second kappa shape index (κ2) is 3.38. The molecule has 14 heavy (non-hydrogen) atoms. The quantitative estimate of drug-likeness (QED) is 0.799. The van der Waals surface area contributed by atoms with Crippen molar-refractivity contribution in [3.05, 3.63) is 35.6 Å². The van der Waals surface area contributed by atoms with Crippen LogP contribution in [0.15, 0.2) is 22.6 Å². The van der Waals surface area contributed by atoms with Crippen molar-refractivity contribution >= 4 is 11.0 Å². The maximum absolute atomic E-state index is 13.2. The third-order valence-electron chi connectivity index (χ3n) is 1.95. The molecule has 0 aliphatic rings. The molecule has 0 radical (unpaired) electrons. The van der Waals surface area contributed by atoms with Gasteiger partial charge in [-0.05, 0) is 13.1 Å². The third kappa shape index (κ3) is 1.48. The summed E-state index contributed by atoms with van der Waals surface area (Å²) in [5, 5.41) is 3.19. The van der Waals surface area contributed by atoms with Gasteiger partial charge in [0.15, 0.2) is 0 Å². The summed E-state index contributed by atoms with van der Waals surface area (Å²) in [7, 11) is 1.75. The highest BCUT2D eigenvalue weighted by atomic mass is 19.1. The zero-order chi connectivity index (χ0) is 10.1. The van der Waals surface area contributed by atoms with Crippen LogP contribution < -0.4 is 5.32 Å². The molecule has 4 heteroatoms. The SMILES string of the molecule is CNCc1cc2c(F)cc(F)cc2o1. The Morgan fingerprint density at radius 2 is 2.07 bits per heavy atom. The molecule has 1 heterocycles. The minimum absolute atomic E-state index is 0.243. The predicted octanol–water partition coefficient (Wildman–Crippen LogP) is 2.43. The lowest BCUT2D eigenvalue weighted by Crippen LogP contribution is -2.03. The van der Waals surface area contributed by atoms with E-state index < -0.39 is 11.6 Å². The molecule has 2 aromatic rings. The average molecular weight is 197 g/mol. The fourth-order valence-electron chi connectivity index (χ4n) is 1.38. The van der Waals surface area contributed by atoms with Gasteiger partial charge in [0.25, 0.3) is 0 Å². The van der Waals surface area contributed by atoms with E-state index >= 15 is 0 Å². The number of hydrogen-bond donors (Lipinski definition) is 1. The molecule has 74 valence electrons. The second-order valence-electron chi connectivity index (χ2n) is 3.04. The molecule has 1 N–H and O–H groups in total. The molecule has 0 aliphatic carbocycles. The van der Waals surface area contributed by atoms with E-state index in [1.807, 2.05) is 0 Å². The molecule has 2 rings (SSSR count). The van der Waals surface area contributed by atoms with E-state index in [0.29, 0.717) is 17.7 Å². The van der Waals surface area contributed by atoms with E-state index in [-0.39, 0.29) is 5.58 Å². The van der Waals surface area contributed by atoms with Gasteiger partial charge in [-0.15, -0.1) is 0 Å². The van der Waals surface area contributed by atoms with Gasteiger partial charge < -0.3 is 9.73 Å². The van der Waals surface area contributed by atoms with Gasteiger partial charge in [0.2, 0.25) is 0 Å². The number of fused-ring (bicyclic) bond motifs is 1. The molecule has 0 fully saturated rings. The van der Waals surface area contributed by atoms with Crippen LogP contribution in [-0.2, 0) is 6.54 Å². The Bertz CT molecular complexity index is 464. The first-order valence-corrected chi connectivity index (χ1v) is 4.23. The van der Waals surface area contributed by atoms with Gasteiger partial charge in [-0.1, -0.05) is 0 Å². The Labute approximate surface area is 79.5 Å². The molecular formula is C10H9F2NO. The number of furan rings is 1. The van der Waals surface area contributed by atoms with Crippen molar-refractivity contribution in [1.82, 2.24) is 5.32 Å². The molecule has 0 unspecified atom stereocenters. The highest BCUT2D eigenvalue weighted by Crippen LogP contribution is 2.23. The van der Waals surface area contributed by atoms with E-state index in [1.54, 1.807) is 13.1 Å². The zero-order valence-corrected chi connectivity index (χ0v) is 7.60. The van der Waals surface area contributed by atoms with E-state index in [1.165, 1.54) is 6.07 Å². The topological polar surface area (TPSA) is 25.2 Å². The smallest absolute Gasteiger partial charge is 0.140 e. The molecule has 0 saturated carbocycles. The van der Waals surface area contributed by atoms with Gasteiger partial charge >= 0.3 is 0 Å². The predicted molar refractivity (Wildman–Crippen MR) is 48.9 cm³/mol. The van der Waals surface area contributed by atoms with Gasteiger partial charge in [0, 0.05) is 12.1 Å². The van der Waals surface area contributed by atoms with E-state index in [2.05, 4.69) is 5.32 Å². The van der Waals surface area contributed by atoms with Crippen LogP contribution in [0.4, 0.5) is 8.78 Å². The fourth-order valence-corrected chi connectivity index (χ4v) is 1.38. The Morgan fingerprint density at radius 1 is 1.29 bits per heavy atom. The molecule has 0 amide bonds. The first-order valence-electron chi connectivity index (χ1n) is 4.23. The molecule has 0 spiro atoms. The lowest BCUT2D eigenvalue weighted by molar-refractivity contribution is 0.525. The summed E-state index contributed by atoms with van der Waals surface area (Å²) in [6, 6.07) is 3.60. The Morgan fingerprint density at radius 3 is 2.79 bits per heavy atom. The molecule has 0 atom stereocenters. The number of rotatable bonds is 2. The highest BCUT2D eigenvalue weighted by Gasteiger charge is 2.09. The Hall–Kier alpha value is -1.42.